The number of nitrogens with zero attached hydrogens (tertiary/aromatic N) is 2. The van der Waals surface area contributed by atoms with Gasteiger partial charge in [0, 0.05) is 18.6 Å². The Balaban J connectivity index is 2.15. The number of hydroxylamine groups is 2. The Morgan fingerprint density at radius 2 is 1.90 bits per heavy atom. The maximum atomic E-state index is 13.1. The zero-order valence-electron chi connectivity index (χ0n) is 16.8. The SMILES string of the molecule is COC(=O)C1=C(C)N(O)C(C)=C(C(=O)OC2CCOC2)C1c1cccc([N+](=O)[O-])c1. The molecule has 0 spiro atoms. The first kappa shape index (κ1) is 21.5. The van der Waals surface area contributed by atoms with Gasteiger partial charge < -0.3 is 14.2 Å². The number of methoxy groups -OCH3 is 1. The molecule has 0 aliphatic carbocycles. The van der Waals surface area contributed by atoms with Crippen LogP contribution in [0.3, 0.4) is 0 Å². The number of hydrogen-bond acceptors (Lipinski definition) is 9. The molecule has 0 aromatic heterocycles. The number of ether oxygens (including phenoxy) is 3. The molecule has 1 N–H and O–H groups in total. The average molecular weight is 418 g/mol. The molecule has 2 unspecified atom stereocenters. The van der Waals surface area contributed by atoms with Gasteiger partial charge >= 0.3 is 11.9 Å². The van der Waals surface area contributed by atoms with E-state index in [1.807, 2.05) is 0 Å². The molecule has 10 nitrogen and oxygen atoms in total. The van der Waals surface area contributed by atoms with Gasteiger partial charge in [0.25, 0.3) is 5.69 Å². The molecule has 2 aliphatic heterocycles. The number of esters is 2. The predicted octanol–water partition coefficient (Wildman–Crippen LogP) is 2.44. The van der Waals surface area contributed by atoms with Gasteiger partial charge in [0.15, 0.2) is 0 Å². The molecule has 10 heteroatoms. The number of carbonyl (C=O) groups excluding carboxylic acids is 2. The Labute approximate surface area is 172 Å². The van der Waals surface area contributed by atoms with E-state index >= 15 is 0 Å². The maximum absolute atomic E-state index is 13.1. The molecule has 160 valence electrons. The number of non-ortho nitro benzene ring substituents is 1. The molecular formula is C20H22N2O8. The van der Waals surface area contributed by atoms with Gasteiger partial charge in [0.2, 0.25) is 0 Å². The van der Waals surface area contributed by atoms with Gasteiger partial charge in [0.1, 0.15) is 6.10 Å². The summed E-state index contributed by atoms with van der Waals surface area (Å²) in [5.74, 6) is -2.53. The van der Waals surface area contributed by atoms with E-state index in [2.05, 4.69) is 0 Å². The van der Waals surface area contributed by atoms with E-state index < -0.39 is 28.9 Å². The highest BCUT2D eigenvalue weighted by molar-refractivity contribution is 5.99. The molecular weight excluding hydrogens is 396 g/mol. The van der Waals surface area contributed by atoms with Crippen molar-refractivity contribution in [2.45, 2.75) is 32.3 Å². The fourth-order valence-corrected chi connectivity index (χ4v) is 3.65. The van der Waals surface area contributed by atoms with E-state index in [-0.39, 0.29) is 34.8 Å². The molecule has 2 aliphatic rings. The smallest absolute Gasteiger partial charge is 0.337 e. The monoisotopic (exact) mass is 418 g/mol. The van der Waals surface area contributed by atoms with Crippen molar-refractivity contribution in [1.29, 1.82) is 0 Å². The molecule has 2 atom stereocenters. The molecule has 1 aromatic rings. The number of rotatable bonds is 5. The van der Waals surface area contributed by atoms with Crippen molar-refractivity contribution >= 4 is 17.6 Å². The van der Waals surface area contributed by atoms with Crippen LogP contribution >= 0.6 is 0 Å². The van der Waals surface area contributed by atoms with Crippen LogP contribution in [0, 0.1) is 10.1 Å². The summed E-state index contributed by atoms with van der Waals surface area (Å²) < 4.78 is 15.6. The van der Waals surface area contributed by atoms with Crippen LogP contribution in [0.25, 0.3) is 0 Å². The third kappa shape index (κ3) is 3.91. The standard InChI is InChI=1S/C20H22N2O8/c1-11-16(19(23)28-3)18(13-5-4-6-14(9-13)22(26)27)17(12(2)21(11)25)20(24)30-15-7-8-29-10-15/h4-6,9,15,18,25H,7-8,10H2,1-3H3. The van der Waals surface area contributed by atoms with Gasteiger partial charge in [-0.2, -0.15) is 0 Å². The van der Waals surface area contributed by atoms with Crippen LogP contribution in [-0.2, 0) is 23.8 Å². The van der Waals surface area contributed by atoms with Gasteiger partial charge in [-0.3, -0.25) is 15.3 Å². The van der Waals surface area contributed by atoms with Gasteiger partial charge in [-0.25, -0.2) is 14.7 Å². The molecule has 3 rings (SSSR count). The third-order valence-electron chi connectivity index (χ3n) is 5.19. The highest BCUT2D eigenvalue weighted by atomic mass is 16.6. The van der Waals surface area contributed by atoms with Crippen molar-refractivity contribution in [3.63, 3.8) is 0 Å². The fourth-order valence-electron chi connectivity index (χ4n) is 3.65. The average Bonchev–Trinajstić information content (AvgIpc) is 3.24. The van der Waals surface area contributed by atoms with Crippen LogP contribution in [0.15, 0.2) is 46.8 Å². The van der Waals surface area contributed by atoms with E-state index in [1.165, 1.54) is 39.2 Å². The second-order valence-corrected chi connectivity index (χ2v) is 6.98. The lowest BCUT2D eigenvalue weighted by molar-refractivity contribution is -0.384. The summed E-state index contributed by atoms with van der Waals surface area (Å²) in [5.41, 5.74) is 0.412. The Bertz CT molecular complexity index is 946. The normalized spacial score (nSPS) is 21.7. The Kier molecular flexibility index (Phi) is 6.18. The van der Waals surface area contributed by atoms with Gasteiger partial charge in [-0.15, -0.1) is 0 Å². The topological polar surface area (TPSA) is 128 Å². The van der Waals surface area contributed by atoms with Crippen molar-refractivity contribution in [3.8, 4) is 0 Å². The minimum absolute atomic E-state index is 0.00380. The van der Waals surface area contributed by atoms with Gasteiger partial charge in [-0.05, 0) is 19.4 Å². The second kappa shape index (κ2) is 8.64. The molecule has 2 heterocycles. The third-order valence-corrected chi connectivity index (χ3v) is 5.19. The zero-order valence-corrected chi connectivity index (χ0v) is 16.8. The summed E-state index contributed by atoms with van der Waals surface area (Å²) in [6.07, 6.45) is 0.0745. The summed E-state index contributed by atoms with van der Waals surface area (Å²) in [7, 11) is 1.17. The van der Waals surface area contributed by atoms with Crippen LogP contribution in [0.2, 0.25) is 0 Å². The molecule has 0 bridgehead atoms. The molecule has 1 aromatic carbocycles. The van der Waals surface area contributed by atoms with Crippen LogP contribution in [0.5, 0.6) is 0 Å². The summed E-state index contributed by atoms with van der Waals surface area (Å²) in [5, 5.41) is 22.5. The first-order valence-corrected chi connectivity index (χ1v) is 9.28. The van der Waals surface area contributed by atoms with Crippen molar-refractivity contribution in [3.05, 3.63) is 62.5 Å². The number of allylic oxidation sites excluding steroid dienone is 2. The highest BCUT2D eigenvalue weighted by Crippen LogP contribution is 2.43. The summed E-state index contributed by atoms with van der Waals surface area (Å²) in [4.78, 5) is 36.4. The molecule has 0 radical (unpaired) electrons. The number of carbonyl (C=O) groups is 2. The van der Waals surface area contributed by atoms with Crippen molar-refractivity contribution < 1.29 is 33.9 Å². The Morgan fingerprint density at radius 3 is 2.47 bits per heavy atom. The number of nitro groups is 1. The second-order valence-electron chi connectivity index (χ2n) is 6.98. The lowest BCUT2D eigenvalue weighted by atomic mass is 9.80. The zero-order chi connectivity index (χ0) is 22.0. The van der Waals surface area contributed by atoms with Crippen LogP contribution in [0.4, 0.5) is 5.69 Å². The molecule has 0 saturated carbocycles. The highest BCUT2D eigenvalue weighted by Gasteiger charge is 2.41. The van der Waals surface area contributed by atoms with Crippen molar-refractivity contribution in [2.75, 3.05) is 20.3 Å². The lowest BCUT2D eigenvalue weighted by Gasteiger charge is -2.34. The van der Waals surface area contributed by atoms with E-state index in [4.69, 9.17) is 14.2 Å². The van der Waals surface area contributed by atoms with Crippen LogP contribution in [0.1, 0.15) is 31.7 Å². The van der Waals surface area contributed by atoms with Crippen LogP contribution < -0.4 is 0 Å². The van der Waals surface area contributed by atoms with Crippen molar-refractivity contribution in [2.24, 2.45) is 0 Å². The summed E-state index contributed by atoms with van der Waals surface area (Å²) >= 11 is 0. The molecule has 0 amide bonds. The maximum Gasteiger partial charge on any atom is 0.337 e. The van der Waals surface area contributed by atoms with Gasteiger partial charge in [-0.1, -0.05) is 12.1 Å². The molecule has 30 heavy (non-hydrogen) atoms. The minimum Gasteiger partial charge on any atom is -0.466 e. The number of nitro benzene ring substituents is 1. The van der Waals surface area contributed by atoms with E-state index in [0.717, 1.165) is 5.06 Å². The Morgan fingerprint density at radius 1 is 1.23 bits per heavy atom. The number of benzene rings is 1. The molecule has 1 saturated heterocycles. The predicted molar refractivity (Wildman–Crippen MR) is 102 cm³/mol. The van der Waals surface area contributed by atoms with Crippen molar-refractivity contribution in [1.82, 2.24) is 5.06 Å². The number of hydrogen-bond donors (Lipinski definition) is 1. The van der Waals surface area contributed by atoms with E-state index in [9.17, 15) is 24.9 Å². The lowest BCUT2D eigenvalue weighted by Crippen LogP contribution is -2.34. The summed E-state index contributed by atoms with van der Waals surface area (Å²) in [6, 6.07) is 5.63. The van der Waals surface area contributed by atoms with Crippen LogP contribution in [-0.4, -0.2) is 53.6 Å². The minimum atomic E-state index is -1.02. The Hall–Kier alpha value is -3.24. The first-order valence-electron chi connectivity index (χ1n) is 9.28. The fraction of sp³-hybridized carbons (Fsp3) is 0.400. The van der Waals surface area contributed by atoms with Gasteiger partial charge in [0.05, 0.1) is 53.7 Å². The first-order chi connectivity index (χ1) is 14.3. The quantitative estimate of drug-likeness (QED) is 0.435. The largest absolute Gasteiger partial charge is 0.466 e. The van der Waals surface area contributed by atoms with E-state index in [1.54, 1.807) is 6.07 Å². The van der Waals surface area contributed by atoms with E-state index in [0.29, 0.717) is 18.6 Å². The summed E-state index contributed by atoms with van der Waals surface area (Å²) in [6.45, 7) is 3.71. The molecule has 1 fully saturated rings.